The van der Waals surface area contributed by atoms with Gasteiger partial charge in [-0.2, -0.15) is 5.10 Å². The Morgan fingerprint density at radius 1 is 1.53 bits per heavy atom. The molecule has 2 heterocycles. The molecule has 2 rings (SSSR count). The van der Waals surface area contributed by atoms with E-state index in [1.165, 1.54) is 11.3 Å². The van der Waals surface area contributed by atoms with Gasteiger partial charge in [-0.25, -0.2) is 0 Å². The first-order valence-electron chi connectivity index (χ1n) is 5.42. The van der Waals surface area contributed by atoms with Gasteiger partial charge in [0.05, 0.1) is 17.1 Å². The molecule has 1 amide bonds. The highest BCUT2D eigenvalue weighted by atomic mass is 32.1. The third-order valence-electron chi connectivity index (χ3n) is 2.54. The number of carbonyl (C=O) groups excluding carboxylic acids is 1. The van der Waals surface area contributed by atoms with Crippen molar-refractivity contribution in [3.63, 3.8) is 0 Å². The van der Waals surface area contributed by atoms with Crippen LogP contribution in [0.1, 0.15) is 33.1 Å². The Morgan fingerprint density at radius 3 is 2.82 bits per heavy atom. The van der Waals surface area contributed by atoms with E-state index >= 15 is 0 Å². The Morgan fingerprint density at radius 2 is 2.29 bits per heavy atom. The highest BCUT2D eigenvalue weighted by Gasteiger charge is 2.13. The van der Waals surface area contributed by atoms with Crippen molar-refractivity contribution in [1.29, 1.82) is 0 Å². The van der Waals surface area contributed by atoms with E-state index in [2.05, 4.69) is 10.4 Å². The Bertz CT molecular complexity index is 529. The van der Waals surface area contributed by atoms with Crippen LogP contribution < -0.4 is 5.32 Å². The second kappa shape index (κ2) is 4.71. The molecule has 0 aliphatic carbocycles. The van der Waals surface area contributed by atoms with E-state index in [4.69, 9.17) is 0 Å². The quantitative estimate of drug-likeness (QED) is 0.907. The zero-order valence-corrected chi connectivity index (χ0v) is 10.9. The number of aryl methyl sites for hydroxylation is 2. The average Bonchev–Trinajstić information content (AvgIpc) is 2.87. The molecule has 2 aromatic rings. The normalized spacial score (nSPS) is 12.4. The smallest absolute Gasteiger partial charge is 0.261 e. The summed E-state index contributed by atoms with van der Waals surface area (Å²) in [4.78, 5) is 13.8. The van der Waals surface area contributed by atoms with Gasteiger partial charge in [0.2, 0.25) is 0 Å². The van der Waals surface area contributed by atoms with Gasteiger partial charge in [0.15, 0.2) is 0 Å². The van der Waals surface area contributed by atoms with Gasteiger partial charge < -0.3 is 5.32 Å². The first kappa shape index (κ1) is 11.9. The fraction of sp³-hybridized carbons (Fsp3) is 0.333. The lowest BCUT2D eigenvalue weighted by atomic mass is 10.2. The maximum Gasteiger partial charge on any atom is 0.261 e. The van der Waals surface area contributed by atoms with Gasteiger partial charge in [-0.3, -0.25) is 9.48 Å². The lowest BCUT2D eigenvalue weighted by Crippen LogP contribution is -2.25. The standard InChI is InChI=1S/C12H15N3OS/c1-8-4-5-11(17-8)12(16)14-9(2)10-6-13-15(3)7-10/h4-7,9H,1-3H3,(H,14,16). The third kappa shape index (κ3) is 2.74. The summed E-state index contributed by atoms with van der Waals surface area (Å²) in [6.45, 7) is 3.95. The number of thiophene rings is 1. The first-order chi connectivity index (χ1) is 8.06. The third-order valence-corrected chi connectivity index (χ3v) is 3.54. The second-order valence-electron chi connectivity index (χ2n) is 4.05. The first-order valence-corrected chi connectivity index (χ1v) is 6.24. The molecule has 0 radical (unpaired) electrons. The summed E-state index contributed by atoms with van der Waals surface area (Å²) in [5.41, 5.74) is 1.01. The highest BCUT2D eigenvalue weighted by Crippen LogP contribution is 2.17. The fourth-order valence-corrected chi connectivity index (χ4v) is 2.34. The van der Waals surface area contributed by atoms with E-state index in [1.54, 1.807) is 10.9 Å². The van der Waals surface area contributed by atoms with Crippen LogP contribution in [0.2, 0.25) is 0 Å². The van der Waals surface area contributed by atoms with Crippen LogP contribution in [0.15, 0.2) is 24.5 Å². The van der Waals surface area contributed by atoms with E-state index in [1.807, 2.05) is 39.2 Å². The second-order valence-corrected chi connectivity index (χ2v) is 5.34. The molecule has 1 unspecified atom stereocenters. The number of carbonyl (C=O) groups is 1. The average molecular weight is 249 g/mol. The van der Waals surface area contributed by atoms with Crippen molar-refractivity contribution in [2.45, 2.75) is 19.9 Å². The Kier molecular flexibility index (Phi) is 3.28. The molecule has 0 saturated carbocycles. The van der Waals surface area contributed by atoms with E-state index in [0.29, 0.717) is 0 Å². The molecule has 0 aliphatic heterocycles. The van der Waals surface area contributed by atoms with Crippen molar-refractivity contribution in [3.8, 4) is 0 Å². The van der Waals surface area contributed by atoms with Crippen molar-refractivity contribution in [2.75, 3.05) is 0 Å². The van der Waals surface area contributed by atoms with Crippen LogP contribution in [0.5, 0.6) is 0 Å². The van der Waals surface area contributed by atoms with Gasteiger partial charge in [0.25, 0.3) is 5.91 Å². The number of nitrogens with zero attached hydrogens (tertiary/aromatic N) is 2. The van der Waals surface area contributed by atoms with Crippen molar-refractivity contribution in [2.24, 2.45) is 7.05 Å². The minimum Gasteiger partial charge on any atom is -0.345 e. The molecule has 90 valence electrons. The molecule has 0 saturated heterocycles. The van der Waals surface area contributed by atoms with Crippen LogP contribution >= 0.6 is 11.3 Å². The monoisotopic (exact) mass is 249 g/mol. The van der Waals surface area contributed by atoms with Gasteiger partial charge in [0.1, 0.15) is 0 Å². The minimum absolute atomic E-state index is 0.0283. The largest absolute Gasteiger partial charge is 0.345 e. The Balaban J connectivity index is 2.04. The molecule has 5 heteroatoms. The molecule has 0 bridgehead atoms. The Labute approximate surface area is 104 Å². The summed E-state index contributed by atoms with van der Waals surface area (Å²) < 4.78 is 1.73. The summed E-state index contributed by atoms with van der Waals surface area (Å²) in [7, 11) is 1.86. The van der Waals surface area contributed by atoms with E-state index in [-0.39, 0.29) is 11.9 Å². The predicted octanol–water partition coefficient (Wildman–Crippen LogP) is 2.28. The van der Waals surface area contributed by atoms with Crippen LogP contribution in [0, 0.1) is 6.92 Å². The molecule has 2 aromatic heterocycles. The summed E-state index contributed by atoms with van der Waals surface area (Å²) in [5.74, 6) is -0.0283. The molecule has 0 aliphatic rings. The number of aromatic nitrogens is 2. The van der Waals surface area contributed by atoms with Crippen molar-refractivity contribution < 1.29 is 4.79 Å². The molecule has 17 heavy (non-hydrogen) atoms. The summed E-state index contributed by atoms with van der Waals surface area (Å²) in [5, 5.41) is 7.05. The Hall–Kier alpha value is -1.62. The summed E-state index contributed by atoms with van der Waals surface area (Å²) in [6, 6.07) is 3.78. The molecule has 1 atom stereocenters. The lowest BCUT2D eigenvalue weighted by molar-refractivity contribution is 0.0944. The van der Waals surface area contributed by atoms with Crippen LogP contribution in [0.3, 0.4) is 0 Å². The van der Waals surface area contributed by atoms with E-state index in [0.717, 1.165) is 15.3 Å². The van der Waals surface area contributed by atoms with Crippen molar-refractivity contribution in [1.82, 2.24) is 15.1 Å². The van der Waals surface area contributed by atoms with Crippen molar-refractivity contribution in [3.05, 3.63) is 39.8 Å². The summed E-state index contributed by atoms with van der Waals surface area (Å²) >= 11 is 1.51. The molecule has 0 aromatic carbocycles. The number of nitrogens with one attached hydrogen (secondary N) is 1. The fourth-order valence-electron chi connectivity index (χ4n) is 1.57. The van der Waals surface area contributed by atoms with E-state index < -0.39 is 0 Å². The van der Waals surface area contributed by atoms with Crippen molar-refractivity contribution >= 4 is 17.2 Å². The molecule has 0 fully saturated rings. The minimum atomic E-state index is -0.0291. The van der Waals surface area contributed by atoms with Gasteiger partial charge in [0, 0.05) is 23.7 Å². The zero-order chi connectivity index (χ0) is 12.4. The summed E-state index contributed by atoms with van der Waals surface area (Å²) in [6.07, 6.45) is 3.68. The lowest BCUT2D eigenvalue weighted by Gasteiger charge is -2.10. The van der Waals surface area contributed by atoms with Gasteiger partial charge >= 0.3 is 0 Å². The zero-order valence-electron chi connectivity index (χ0n) is 10.1. The topological polar surface area (TPSA) is 46.9 Å². The molecular weight excluding hydrogens is 234 g/mol. The molecule has 1 N–H and O–H groups in total. The SMILES string of the molecule is Cc1ccc(C(=O)NC(C)c2cnn(C)c2)s1. The van der Waals surface area contributed by atoms with Gasteiger partial charge in [-0.05, 0) is 26.0 Å². The van der Waals surface area contributed by atoms with Gasteiger partial charge in [-0.1, -0.05) is 0 Å². The highest BCUT2D eigenvalue weighted by molar-refractivity contribution is 7.13. The van der Waals surface area contributed by atoms with Crippen LogP contribution in [-0.4, -0.2) is 15.7 Å². The molecule has 4 nitrogen and oxygen atoms in total. The van der Waals surface area contributed by atoms with Crippen LogP contribution in [0.25, 0.3) is 0 Å². The number of hydrogen-bond donors (Lipinski definition) is 1. The number of amides is 1. The number of hydrogen-bond acceptors (Lipinski definition) is 3. The number of rotatable bonds is 3. The van der Waals surface area contributed by atoms with Crippen LogP contribution in [0.4, 0.5) is 0 Å². The van der Waals surface area contributed by atoms with Crippen LogP contribution in [-0.2, 0) is 7.05 Å². The predicted molar refractivity (Wildman–Crippen MR) is 68.1 cm³/mol. The van der Waals surface area contributed by atoms with E-state index in [9.17, 15) is 4.79 Å². The molecule has 0 spiro atoms. The van der Waals surface area contributed by atoms with Gasteiger partial charge in [-0.15, -0.1) is 11.3 Å². The molecular formula is C12H15N3OS. The maximum absolute atomic E-state index is 11.9. The maximum atomic E-state index is 11.9.